The topological polar surface area (TPSA) is 47.7 Å². The van der Waals surface area contributed by atoms with E-state index in [-0.39, 0.29) is 12.1 Å². The number of rotatable bonds is 3. The standard InChI is InChI=1S/C13H19ClN2O2/c1-16-5-6-18-12(8-16)13(15)10-7-9(14)3-4-11(10)17-2/h3-4,7,12-13H,5-6,8,15H2,1-2H3. The van der Waals surface area contributed by atoms with Gasteiger partial charge in [0, 0.05) is 23.7 Å². The van der Waals surface area contributed by atoms with Gasteiger partial charge in [-0.3, -0.25) is 0 Å². The quantitative estimate of drug-likeness (QED) is 0.908. The van der Waals surface area contributed by atoms with Crippen LogP contribution in [-0.2, 0) is 4.74 Å². The van der Waals surface area contributed by atoms with Crippen molar-refractivity contribution in [3.05, 3.63) is 28.8 Å². The number of benzene rings is 1. The van der Waals surface area contributed by atoms with Crippen LogP contribution in [0.15, 0.2) is 18.2 Å². The van der Waals surface area contributed by atoms with Gasteiger partial charge in [-0.2, -0.15) is 0 Å². The Morgan fingerprint density at radius 1 is 1.56 bits per heavy atom. The van der Waals surface area contributed by atoms with E-state index in [4.69, 9.17) is 26.8 Å². The molecular weight excluding hydrogens is 252 g/mol. The van der Waals surface area contributed by atoms with Crippen LogP contribution < -0.4 is 10.5 Å². The van der Waals surface area contributed by atoms with Crippen molar-refractivity contribution in [3.63, 3.8) is 0 Å². The molecule has 1 aromatic carbocycles. The number of likely N-dealkylation sites (N-methyl/N-ethyl adjacent to an activating group) is 1. The highest BCUT2D eigenvalue weighted by atomic mass is 35.5. The van der Waals surface area contributed by atoms with Crippen molar-refractivity contribution in [1.82, 2.24) is 4.90 Å². The molecule has 0 amide bonds. The Hall–Kier alpha value is -0.810. The summed E-state index contributed by atoms with van der Waals surface area (Å²) in [7, 11) is 3.70. The average molecular weight is 271 g/mol. The first kappa shape index (κ1) is 13.6. The van der Waals surface area contributed by atoms with E-state index in [0.717, 1.165) is 24.4 Å². The maximum atomic E-state index is 6.29. The number of methoxy groups -OCH3 is 1. The lowest BCUT2D eigenvalue weighted by Gasteiger charge is -2.34. The minimum Gasteiger partial charge on any atom is -0.496 e. The molecule has 2 atom stereocenters. The highest BCUT2D eigenvalue weighted by Gasteiger charge is 2.27. The summed E-state index contributed by atoms with van der Waals surface area (Å²) < 4.78 is 11.1. The van der Waals surface area contributed by atoms with Crippen LogP contribution in [0.1, 0.15) is 11.6 Å². The third kappa shape index (κ3) is 2.95. The third-order valence-corrected chi connectivity index (χ3v) is 3.48. The summed E-state index contributed by atoms with van der Waals surface area (Å²) in [6.45, 7) is 2.46. The van der Waals surface area contributed by atoms with Gasteiger partial charge < -0.3 is 20.1 Å². The van der Waals surface area contributed by atoms with Crippen molar-refractivity contribution in [3.8, 4) is 5.75 Å². The largest absolute Gasteiger partial charge is 0.496 e. The van der Waals surface area contributed by atoms with E-state index < -0.39 is 0 Å². The second-order valence-electron chi connectivity index (χ2n) is 4.58. The molecule has 2 unspecified atom stereocenters. The minimum absolute atomic E-state index is 0.0314. The Morgan fingerprint density at radius 3 is 3.00 bits per heavy atom. The normalized spacial score (nSPS) is 22.8. The van der Waals surface area contributed by atoms with Crippen molar-refractivity contribution in [2.75, 3.05) is 33.9 Å². The third-order valence-electron chi connectivity index (χ3n) is 3.25. The zero-order valence-corrected chi connectivity index (χ0v) is 11.5. The molecule has 0 aliphatic carbocycles. The zero-order valence-electron chi connectivity index (χ0n) is 10.7. The fraction of sp³-hybridized carbons (Fsp3) is 0.538. The van der Waals surface area contributed by atoms with Gasteiger partial charge in [-0.15, -0.1) is 0 Å². The summed E-state index contributed by atoms with van der Waals surface area (Å²) in [5.74, 6) is 0.753. The lowest BCUT2D eigenvalue weighted by Crippen LogP contribution is -2.45. The number of nitrogens with zero attached hydrogens (tertiary/aromatic N) is 1. The first-order valence-corrected chi connectivity index (χ1v) is 6.38. The van der Waals surface area contributed by atoms with Gasteiger partial charge in [0.2, 0.25) is 0 Å². The highest BCUT2D eigenvalue weighted by Crippen LogP contribution is 2.30. The van der Waals surface area contributed by atoms with Crippen molar-refractivity contribution in [1.29, 1.82) is 0 Å². The molecule has 1 fully saturated rings. The first-order chi connectivity index (χ1) is 8.61. The molecule has 0 bridgehead atoms. The summed E-state index contributed by atoms with van der Waals surface area (Å²) in [6, 6.07) is 5.25. The molecule has 4 nitrogen and oxygen atoms in total. The molecule has 0 saturated carbocycles. The van der Waals surface area contributed by atoms with E-state index in [0.29, 0.717) is 11.6 Å². The highest BCUT2D eigenvalue weighted by molar-refractivity contribution is 6.30. The molecule has 2 rings (SSSR count). The molecule has 1 aliphatic heterocycles. The zero-order chi connectivity index (χ0) is 13.1. The number of morpholine rings is 1. The summed E-state index contributed by atoms with van der Waals surface area (Å²) >= 11 is 6.02. The lowest BCUT2D eigenvalue weighted by molar-refractivity contribution is -0.0329. The predicted octanol–water partition coefficient (Wildman–Crippen LogP) is 1.68. The van der Waals surface area contributed by atoms with Crippen molar-refractivity contribution < 1.29 is 9.47 Å². The Bertz CT molecular complexity index is 414. The first-order valence-electron chi connectivity index (χ1n) is 6.01. The molecule has 0 spiro atoms. The molecule has 1 aromatic rings. The Morgan fingerprint density at radius 2 is 2.33 bits per heavy atom. The summed E-state index contributed by atoms with van der Waals surface area (Å²) in [6.07, 6.45) is -0.0314. The lowest BCUT2D eigenvalue weighted by atomic mass is 10.00. The number of halogens is 1. The van der Waals surface area contributed by atoms with Crippen LogP contribution in [-0.4, -0.2) is 44.9 Å². The van der Waals surface area contributed by atoms with E-state index in [2.05, 4.69) is 11.9 Å². The van der Waals surface area contributed by atoms with Crippen LogP contribution in [0, 0.1) is 0 Å². The van der Waals surface area contributed by atoms with E-state index in [1.165, 1.54) is 0 Å². The molecule has 1 saturated heterocycles. The van der Waals surface area contributed by atoms with Crippen LogP contribution in [0.25, 0.3) is 0 Å². The summed E-state index contributed by atoms with van der Waals surface area (Å²) in [5, 5.41) is 0.658. The Labute approximate surface area is 113 Å². The van der Waals surface area contributed by atoms with E-state index >= 15 is 0 Å². The molecule has 1 heterocycles. The van der Waals surface area contributed by atoms with Crippen LogP contribution in [0.2, 0.25) is 5.02 Å². The predicted molar refractivity (Wildman–Crippen MR) is 72.2 cm³/mol. The second-order valence-corrected chi connectivity index (χ2v) is 5.02. The molecule has 1 aliphatic rings. The Kier molecular flexibility index (Phi) is 4.45. The van der Waals surface area contributed by atoms with Crippen molar-refractivity contribution in [2.45, 2.75) is 12.1 Å². The molecule has 2 N–H and O–H groups in total. The second kappa shape index (κ2) is 5.89. The average Bonchev–Trinajstić information content (AvgIpc) is 2.38. The molecule has 5 heteroatoms. The van der Waals surface area contributed by atoms with Crippen molar-refractivity contribution >= 4 is 11.6 Å². The van der Waals surface area contributed by atoms with Gasteiger partial charge in [0.1, 0.15) is 5.75 Å². The number of nitrogens with two attached hydrogens (primary N) is 1. The van der Waals surface area contributed by atoms with Gasteiger partial charge in [-0.05, 0) is 25.2 Å². The van der Waals surface area contributed by atoms with Gasteiger partial charge in [0.15, 0.2) is 0 Å². The molecule has 18 heavy (non-hydrogen) atoms. The number of hydrogen-bond donors (Lipinski definition) is 1. The summed E-state index contributed by atoms with van der Waals surface area (Å²) in [5.41, 5.74) is 7.18. The van der Waals surface area contributed by atoms with E-state index in [9.17, 15) is 0 Å². The van der Waals surface area contributed by atoms with Gasteiger partial charge in [0.25, 0.3) is 0 Å². The molecule has 0 radical (unpaired) electrons. The maximum Gasteiger partial charge on any atom is 0.123 e. The van der Waals surface area contributed by atoms with Crippen LogP contribution >= 0.6 is 11.6 Å². The van der Waals surface area contributed by atoms with E-state index in [1.54, 1.807) is 13.2 Å². The molecular formula is C13H19ClN2O2. The SMILES string of the molecule is COc1ccc(Cl)cc1C(N)C1CN(C)CCO1. The van der Waals surface area contributed by atoms with Gasteiger partial charge in [0.05, 0.1) is 25.9 Å². The monoisotopic (exact) mass is 270 g/mol. The smallest absolute Gasteiger partial charge is 0.123 e. The van der Waals surface area contributed by atoms with Crippen LogP contribution in [0.3, 0.4) is 0 Å². The molecule has 100 valence electrons. The minimum atomic E-state index is -0.235. The fourth-order valence-corrected chi connectivity index (χ4v) is 2.37. The molecule has 0 aromatic heterocycles. The maximum absolute atomic E-state index is 6.29. The van der Waals surface area contributed by atoms with E-state index in [1.807, 2.05) is 12.1 Å². The van der Waals surface area contributed by atoms with Crippen LogP contribution in [0.4, 0.5) is 0 Å². The number of hydrogen-bond acceptors (Lipinski definition) is 4. The fourth-order valence-electron chi connectivity index (χ4n) is 2.19. The Balaban J connectivity index is 2.21. The number of ether oxygens (including phenoxy) is 2. The summed E-state index contributed by atoms with van der Waals surface area (Å²) in [4.78, 5) is 2.21. The van der Waals surface area contributed by atoms with Gasteiger partial charge in [-0.1, -0.05) is 11.6 Å². The van der Waals surface area contributed by atoms with Gasteiger partial charge >= 0.3 is 0 Å². The van der Waals surface area contributed by atoms with Gasteiger partial charge in [-0.25, -0.2) is 0 Å². The van der Waals surface area contributed by atoms with Crippen molar-refractivity contribution in [2.24, 2.45) is 5.73 Å². The van der Waals surface area contributed by atoms with Crippen LogP contribution in [0.5, 0.6) is 5.75 Å².